The Morgan fingerprint density at radius 1 is 1.10 bits per heavy atom. The largest absolute Gasteiger partial charge is 0.484 e. The zero-order chi connectivity index (χ0) is 14.5. The van der Waals surface area contributed by atoms with Crippen molar-refractivity contribution in [2.75, 3.05) is 6.54 Å². The normalized spacial score (nSPS) is 12.4. The minimum atomic E-state index is -0.230. The summed E-state index contributed by atoms with van der Waals surface area (Å²) in [7, 11) is 0. The van der Waals surface area contributed by atoms with Crippen molar-refractivity contribution in [2.45, 2.75) is 25.9 Å². The highest BCUT2D eigenvalue weighted by atomic mass is 35.5. The fraction of sp³-hybridized carbons (Fsp3) is 0.294. The van der Waals surface area contributed by atoms with Crippen LogP contribution in [-0.4, -0.2) is 6.54 Å². The molecule has 0 saturated carbocycles. The maximum Gasteiger partial charge on any atom is 0.137 e. The van der Waals surface area contributed by atoms with Gasteiger partial charge in [0.2, 0.25) is 0 Å². The van der Waals surface area contributed by atoms with Crippen LogP contribution in [0.3, 0.4) is 0 Å². The lowest BCUT2D eigenvalue weighted by Gasteiger charge is -2.19. The second-order valence-electron chi connectivity index (χ2n) is 5.09. The third-order valence-corrected chi connectivity index (χ3v) is 3.61. The van der Waals surface area contributed by atoms with E-state index in [1.807, 2.05) is 36.4 Å². The molecular formula is C17H20ClNO. The molecule has 3 heteroatoms. The van der Waals surface area contributed by atoms with E-state index in [-0.39, 0.29) is 6.10 Å². The third kappa shape index (κ3) is 3.53. The minimum Gasteiger partial charge on any atom is -0.484 e. The Kier molecular flexibility index (Phi) is 5.05. The number of hydrogen-bond acceptors (Lipinski definition) is 2. The summed E-state index contributed by atoms with van der Waals surface area (Å²) in [4.78, 5) is 0. The first-order valence-electron chi connectivity index (χ1n) is 6.83. The van der Waals surface area contributed by atoms with Crippen molar-refractivity contribution in [2.24, 2.45) is 5.73 Å². The molecule has 0 aliphatic rings. The number of benzene rings is 2. The fourth-order valence-electron chi connectivity index (χ4n) is 2.09. The number of halogens is 1. The number of rotatable bonds is 5. The summed E-state index contributed by atoms with van der Waals surface area (Å²) in [5.41, 5.74) is 8.01. The summed E-state index contributed by atoms with van der Waals surface area (Å²) in [5.74, 6) is 1.29. The molecule has 0 bridgehead atoms. The van der Waals surface area contributed by atoms with E-state index in [4.69, 9.17) is 22.1 Å². The summed E-state index contributed by atoms with van der Waals surface area (Å²) in [6, 6.07) is 15.8. The number of nitrogens with two attached hydrogens (primary N) is 1. The Bertz CT molecular complexity index is 568. The smallest absolute Gasteiger partial charge is 0.137 e. The van der Waals surface area contributed by atoms with Gasteiger partial charge in [0.25, 0.3) is 0 Å². The van der Waals surface area contributed by atoms with Crippen LogP contribution in [0.15, 0.2) is 48.5 Å². The van der Waals surface area contributed by atoms with Crippen molar-refractivity contribution in [3.63, 3.8) is 0 Å². The van der Waals surface area contributed by atoms with Crippen LogP contribution in [0.2, 0.25) is 5.02 Å². The van der Waals surface area contributed by atoms with Gasteiger partial charge < -0.3 is 10.5 Å². The predicted molar refractivity (Wildman–Crippen MR) is 84.4 cm³/mol. The van der Waals surface area contributed by atoms with Gasteiger partial charge in [0.05, 0.1) is 0 Å². The van der Waals surface area contributed by atoms with Gasteiger partial charge in [-0.25, -0.2) is 0 Å². The molecule has 2 aromatic carbocycles. The molecule has 0 heterocycles. The molecule has 0 aromatic heterocycles. The van der Waals surface area contributed by atoms with Crippen molar-refractivity contribution in [1.82, 2.24) is 0 Å². The SMILES string of the molecule is CC(C)c1cccc(OC(CN)c2ccccc2Cl)c1. The molecule has 1 unspecified atom stereocenters. The van der Waals surface area contributed by atoms with E-state index in [1.165, 1.54) is 5.56 Å². The molecule has 0 amide bonds. The number of ether oxygens (including phenoxy) is 1. The zero-order valence-electron chi connectivity index (χ0n) is 11.8. The van der Waals surface area contributed by atoms with Gasteiger partial charge in [0.1, 0.15) is 11.9 Å². The first-order chi connectivity index (χ1) is 9.61. The Morgan fingerprint density at radius 3 is 2.50 bits per heavy atom. The van der Waals surface area contributed by atoms with Crippen molar-refractivity contribution >= 4 is 11.6 Å². The molecule has 0 spiro atoms. The summed E-state index contributed by atoms with van der Waals surface area (Å²) < 4.78 is 6.01. The van der Waals surface area contributed by atoms with Crippen LogP contribution in [0.25, 0.3) is 0 Å². The Morgan fingerprint density at radius 2 is 1.85 bits per heavy atom. The van der Waals surface area contributed by atoms with Crippen LogP contribution in [0.1, 0.15) is 37.0 Å². The van der Waals surface area contributed by atoms with Gasteiger partial charge in [-0.05, 0) is 29.7 Å². The van der Waals surface area contributed by atoms with Crippen molar-refractivity contribution < 1.29 is 4.74 Å². The van der Waals surface area contributed by atoms with Crippen LogP contribution in [0, 0.1) is 0 Å². The molecule has 2 rings (SSSR count). The van der Waals surface area contributed by atoms with Crippen LogP contribution in [0.4, 0.5) is 0 Å². The molecule has 0 fully saturated rings. The molecule has 0 saturated heterocycles. The molecule has 20 heavy (non-hydrogen) atoms. The summed E-state index contributed by atoms with van der Waals surface area (Å²) in [6.45, 7) is 4.71. The van der Waals surface area contributed by atoms with Crippen LogP contribution < -0.4 is 10.5 Å². The Balaban J connectivity index is 2.23. The van der Waals surface area contributed by atoms with E-state index in [2.05, 4.69) is 26.0 Å². The highest BCUT2D eigenvalue weighted by molar-refractivity contribution is 6.31. The average Bonchev–Trinajstić information content (AvgIpc) is 2.46. The topological polar surface area (TPSA) is 35.2 Å². The fourth-order valence-corrected chi connectivity index (χ4v) is 2.34. The number of hydrogen-bond donors (Lipinski definition) is 1. The highest BCUT2D eigenvalue weighted by Crippen LogP contribution is 2.28. The lowest BCUT2D eigenvalue weighted by molar-refractivity contribution is 0.214. The van der Waals surface area contributed by atoms with Gasteiger partial charge in [-0.1, -0.05) is 55.8 Å². The van der Waals surface area contributed by atoms with Gasteiger partial charge in [-0.2, -0.15) is 0 Å². The van der Waals surface area contributed by atoms with E-state index in [9.17, 15) is 0 Å². The average molecular weight is 290 g/mol. The van der Waals surface area contributed by atoms with E-state index in [1.54, 1.807) is 0 Å². The molecule has 2 N–H and O–H groups in total. The van der Waals surface area contributed by atoms with E-state index in [0.29, 0.717) is 17.5 Å². The van der Waals surface area contributed by atoms with E-state index >= 15 is 0 Å². The van der Waals surface area contributed by atoms with E-state index < -0.39 is 0 Å². The lowest BCUT2D eigenvalue weighted by Crippen LogP contribution is -2.18. The van der Waals surface area contributed by atoms with Crippen LogP contribution in [-0.2, 0) is 0 Å². The van der Waals surface area contributed by atoms with Gasteiger partial charge in [0, 0.05) is 17.1 Å². The van der Waals surface area contributed by atoms with E-state index in [0.717, 1.165) is 11.3 Å². The molecular weight excluding hydrogens is 270 g/mol. The highest BCUT2D eigenvalue weighted by Gasteiger charge is 2.15. The maximum absolute atomic E-state index is 6.21. The van der Waals surface area contributed by atoms with Gasteiger partial charge in [0.15, 0.2) is 0 Å². The first-order valence-corrected chi connectivity index (χ1v) is 7.20. The molecule has 0 radical (unpaired) electrons. The lowest BCUT2D eigenvalue weighted by atomic mass is 10.0. The summed E-state index contributed by atoms with van der Waals surface area (Å²) in [6.07, 6.45) is -0.230. The van der Waals surface area contributed by atoms with Crippen LogP contribution in [0.5, 0.6) is 5.75 Å². The van der Waals surface area contributed by atoms with Gasteiger partial charge in [-0.3, -0.25) is 0 Å². The Hall–Kier alpha value is -1.51. The standard InChI is InChI=1S/C17H20ClNO/c1-12(2)13-6-5-7-14(10-13)20-17(11-19)15-8-3-4-9-16(15)18/h3-10,12,17H,11,19H2,1-2H3. The Labute approximate surface area is 125 Å². The molecule has 1 atom stereocenters. The molecule has 106 valence electrons. The molecule has 0 aliphatic carbocycles. The molecule has 2 aromatic rings. The summed E-state index contributed by atoms with van der Waals surface area (Å²) >= 11 is 6.21. The zero-order valence-corrected chi connectivity index (χ0v) is 12.6. The second kappa shape index (κ2) is 6.78. The molecule has 0 aliphatic heterocycles. The van der Waals surface area contributed by atoms with Crippen molar-refractivity contribution in [3.8, 4) is 5.75 Å². The third-order valence-electron chi connectivity index (χ3n) is 3.27. The second-order valence-corrected chi connectivity index (χ2v) is 5.50. The van der Waals surface area contributed by atoms with Crippen LogP contribution >= 0.6 is 11.6 Å². The monoisotopic (exact) mass is 289 g/mol. The predicted octanol–water partition coefficient (Wildman–Crippen LogP) is 4.54. The van der Waals surface area contributed by atoms with Crippen molar-refractivity contribution in [1.29, 1.82) is 0 Å². The quantitative estimate of drug-likeness (QED) is 0.877. The summed E-state index contributed by atoms with van der Waals surface area (Å²) in [5, 5.41) is 0.683. The van der Waals surface area contributed by atoms with Gasteiger partial charge >= 0.3 is 0 Å². The van der Waals surface area contributed by atoms with Gasteiger partial charge in [-0.15, -0.1) is 0 Å². The van der Waals surface area contributed by atoms with Crippen molar-refractivity contribution in [3.05, 3.63) is 64.7 Å². The minimum absolute atomic E-state index is 0.230. The first kappa shape index (κ1) is 14.9. The maximum atomic E-state index is 6.21. The molecule has 2 nitrogen and oxygen atoms in total.